The molecular weight excluding hydrogens is 390 g/mol. The van der Waals surface area contributed by atoms with Crippen molar-refractivity contribution in [2.75, 3.05) is 6.26 Å². The summed E-state index contributed by atoms with van der Waals surface area (Å²) in [7, 11) is 1.92. The van der Waals surface area contributed by atoms with Crippen molar-refractivity contribution in [1.29, 1.82) is 0 Å². The van der Waals surface area contributed by atoms with Crippen molar-refractivity contribution in [3.63, 3.8) is 0 Å². The highest BCUT2D eigenvalue weighted by molar-refractivity contribution is 7.98. The number of hydrogen-bond donors (Lipinski definition) is 3. The number of nitrogens with zero attached hydrogens (tertiary/aromatic N) is 3. The maximum Gasteiger partial charge on any atom is 0.352 e. The number of fused-ring (bicyclic) bond motifs is 2. The minimum absolute atomic E-state index is 0.0313. The van der Waals surface area contributed by atoms with Gasteiger partial charge < -0.3 is 20.2 Å². The van der Waals surface area contributed by atoms with Gasteiger partial charge in [-0.3, -0.25) is 4.79 Å². The van der Waals surface area contributed by atoms with Crippen molar-refractivity contribution in [3.05, 3.63) is 22.6 Å². The average Bonchev–Trinajstić information content (AvgIpc) is 3.20. The van der Waals surface area contributed by atoms with Gasteiger partial charge in [-0.1, -0.05) is 23.1 Å². The lowest BCUT2D eigenvalue weighted by molar-refractivity contribution is -0.705. The number of aromatic nitrogens is 2. The average molecular weight is 410 g/mol. The Morgan fingerprint density at radius 3 is 2.78 bits per heavy atom. The third-order valence-electron chi connectivity index (χ3n) is 5.31. The molecule has 4 rings (SSSR count). The lowest BCUT2D eigenvalue weighted by atomic mass is 9.83. The number of imidazole rings is 1. The fraction of sp³-hybridized carbons (Fsp3) is 0.471. The summed E-state index contributed by atoms with van der Waals surface area (Å²) in [6.45, 7) is 1.31. The molecule has 0 aromatic carbocycles. The summed E-state index contributed by atoms with van der Waals surface area (Å²) in [5.41, 5.74) is 1.14. The Bertz CT molecular complexity index is 1010. The molecule has 8 nitrogen and oxygen atoms in total. The van der Waals surface area contributed by atoms with E-state index in [0.29, 0.717) is 22.6 Å². The zero-order chi connectivity index (χ0) is 19.6. The first-order chi connectivity index (χ1) is 12.8. The quantitative estimate of drug-likeness (QED) is 0.375. The Morgan fingerprint density at radius 1 is 1.52 bits per heavy atom. The van der Waals surface area contributed by atoms with Gasteiger partial charge in [0.05, 0.1) is 30.0 Å². The highest BCUT2D eigenvalue weighted by Crippen LogP contribution is 2.49. The Kier molecular flexibility index (Phi) is 4.34. The number of carbonyl (C=O) groups is 2. The molecule has 0 bridgehead atoms. The number of thiazole rings is 1. The number of aryl methyl sites for hydroxylation is 1. The first-order valence-corrected chi connectivity index (χ1v) is 10.5. The third kappa shape index (κ3) is 2.40. The summed E-state index contributed by atoms with van der Waals surface area (Å²) >= 11 is 2.99. The number of hydrogen-bond acceptors (Lipinski definition) is 6. The van der Waals surface area contributed by atoms with Crippen LogP contribution in [0, 0.1) is 5.92 Å². The van der Waals surface area contributed by atoms with Crippen molar-refractivity contribution in [1.82, 2.24) is 9.30 Å². The van der Waals surface area contributed by atoms with E-state index in [-0.39, 0.29) is 24.3 Å². The highest BCUT2D eigenvalue weighted by atomic mass is 32.2. The topological polar surface area (TPSA) is 106 Å². The molecule has 3 N–H and O–H groups in total. The van der Waals surface area contributed by atoms with Crippen LogP contribution in [-0.2, 0) is 23.2 Å². The minimum atomic E-state index is -1.16. The zero-order valence-electron chi connectivity index (χ0n) is 15.0. The van der Waals surface area contributed by atoms with Gasteiger partial charge >= 0.3 is 5.97 Å². The highest BCUT2D eigenvalue weighted by Gasteiger charge is 2.57. The van der Waals surface area contributed by atoms with Crippen LogP contribution in [0.5, 0.6) is 0 Å². The summed E-state index contributed by atoms with van der Waals surface area (Å²) in [5, 5.41) is 30.6. The van der Waals surface area contributed by atoms with E-state index in [1.165, 1.54) is 16.2 Å². The first kappa shape index (κ1) is 18.5. The van der Waals surface area contributed by atoms with Crippen LogP contribution in [0.4, 0.5) is 0 Å². The first-order valence-electron chi connectivity index (χ1n) is 8.46. The molecule has 0 aliphatic carbocycles. The number of carboxylic acid groups (broad SMARTS) is 1. The number of rotatable bonds is 5. The van der Waals surface area contributed by atoms with Gasteiger partial charge in [0.2, 0.25) is 15.8 Å². The lowest BCUT2D eigenvalue weighted by Crippen LogP contribution is -2.61. The van der Waals surface area contributed by atoms with E-state index in [4.69, 9.17) is 0 Å². The number of amides is 1. The van der Waals surface area contributed by atoms with Gasteiger partial charge in [0.15, 0.2) is 5.69 Å². The predicted molar refractivity (Wildman–Crippen MR) is 99.1 cm³/mol. The number of aliphatic carboxylic acids is 1. The van der Waals surface area contributed by atoms with Gasteiger partial charge in [0.1, 0.15) is 12.3 Å². The third-order valence-corrected chi connectivity index (χ3v) is 7.58. The lowest BCUT2D eigenvalue weighted by Gasteiger charge is -2.44. The maximum absolute atomic E-state index is 12.4. The molecule has 0 unspecified atom stereocenters. The van der Waals surface area contributed by atoms with E-state index in [2.05, 4.69) is 0 Å². The molecule has 2 aliphatic heterocycles. The fourth-order valence-electron chi connectivity index (χ4n) is 4.17. The molecule has 2 aromatic rings. The van der Waals surface area contributed by atoms with E-state index in [1.807, 2.05) is 28.6 Å². The summed E-state index contributed by atoms with van der Waals surface area (Å²) in [5.74, 6) is -2.10. The molecule has 2 aromatic heterocycles. The molecule has 3 atom stereocenters. The van der Waals surface area contributed by atoms with Crippen LogP contribution in [-0.4, -0.2) is 54.9 Å². The molecule has 4 heterocycles. The van der Waals surface area contributed by atoms with Gasteiger partial charge in [-0.15, -0.1) is 0 Å². The van der Waals surface area contributed by atoms with Crippen LogP contribution in [0.1, 0.15) is 23.9 Å². The molecule has 2 aliphatic rings. The number of thioether (sulfide) groups is 1. The summed E-state index contributed by atoms with van der Waals surface area (Å²) in [6, 6.07) is -0.345. The van der Waals surface area contributed by atoms with Gasteiger partial charge in [-0.05, 0) is 19.6 Å². The van der Waals surface area contributed by atoms with Gasteiger partial charge in [0.25, 0.3) is 6.33 Å². The molecule has 1 saturated heterocycles. The number of carboxylic acids is 1. The minimum Gasteiger partial charge on any atom is -0.477 e. The van der Waals surface area contributed by atoms with Gasteiger partial charge in [0, 0.05) is 5.57 Å². The molecule has 0 saturated carbocycles. The number of carbonyl (C=O) groups excluding carboxylic acids is 1. The van der Waals surface area contributed by atoms with Gasteiger partial charge in [-0.2, -0.15) is 4.40 Å². The summed E-state index contributed by atoms with van der Waals surface area (Å²) in [4.78, 5) is 27.3. The second kappa shape index (κ2) is 6.33. The normalized spacial score (nSPS) is 23.1. The van der Waals surface area contributed by atoms with E-state index < -0.39 is 18.0 Å². The van der Waals surface area contributed by atoms with Crippen molar-refractivity contribution in [2.45, 2.75) is 37.1 Å². The molecule has 0 radical (unpaired) electrons. The number of aliphatic hydroxyl groups excluding tert-OH is 2. The second-order valence-electron chi connectivity index (χ2n) is 6.83. The monoisotopic (exact) mass is 410 g/mol. The maximum atomic E-state index is 12.4. The predicted octanol–water partition coefficient (Wildman–Crippen LogP) is 0.447. The summed E-state index contributed by atoms with van der Waals surface area (Å²) in [6.07, 6.45) is 3.36. The second-order valence-corrected chi connectivity index (χ2v) is 8.62. The van der Waals surface area contributed by atoms with Crippen LogP contribution in [0.2, 0.25) is 0 Å². The molecule has 10 heteroatoms. The Balaban J connectivity index is 1.89. The van der Waals surface area contributed by atoms with Crippen LogP contribution in [0.25, 0.3) is 10.4 Å². The standard InChI is InChI=1S/C17H19N3O5S2/c1-7(22)11-9-4-8(12(17(24)25)20(9)14(11)23)13-10(5-21)19-6-18(2)15(26-3)16(19)27-13/h6-7,9,11,21-22H,4-5H2,1-3H3/p+1/t7-,9-,11-/m1/s1. The van der Waals surface area contributed by atoms with E-state index in [9.17, 15) is 24.9 Å². The molecular formula is C17H20N3O5S2+. The Labute approximate surface area is 163 Å². The van der Waals surface area contributed by atoms with Crippen molar-refractivity contribution in [3.8, 4) is 0 Å². The molecule has 1 fully saturated rings. The number of aliphatic hydroxyl groups is 2. The largest absolute Gasteiger partial charge is 0.477 e. The van der Waals surface area contributed by atoms with Crippen LogP contribution >= 0.6 is 23.1 Å². The zero-order valence-corrected chi connectivity index (χ0v) is 16.7. The fourth-order valence-corrected chi connectivity index (χ4v) is 6.42. The van der Waals surface area contributed by atoms with E-state index >= 15 is 0 Å². The smallest absolute Gasteiger partial charge is 0.352 e. The van der Waals surface area contributed by atoms with Crippen molar-refractivity contribution >= 4 is 45.4 Å². The van der Waals surface area contributed by atoms with Crippen molar-refractivity contribution < 1.29 is 29.5 Å². The number of β-lactam (4-membered cyclic amide) rings is 1. The van der Waals surface area contributed by atoms with E-state index in [0.717, 1.165) is 9.86 Å². The molecule has 0 spiro atoms. The SMILES string of the molecule is CSc1c2sc(C3=C(C(=O)O)N4C(=O)[C@H]([C@@H](C)O)[C@H]4C3)c(CO)n2c[n+]1C. The van der Waals surface area contributed by atoms with Crippen molar-refractivity contribution in [2.24, 2.45) is 13.0 Å². The molecule has 144 valence electrons. The van der Waals surface area contributed by atoms with Crippen LogP contribution in [0.3, 0.4) is 0 Å². The molecule has 1 amide bonds. The Hall–Kier alpha value is -1.88. The molecule has 27 heavy (non-hydrogen) atoms. The van der Waals surface area contributed by atoms with Gasteiger partial charge in [-0.25, -0.2) is 9.36 Å². The van der Waals surface area contributed by atoms with Crippen LogP contribution in [0.15, 0.2) is 17.1 Å². The van der Waals surface area contributed by atoms with E-state index in [1.54, 1.807) is 18.7 Å². The van der Waals surface area contributed by atoms with Crippen LogP contribution < -0.4 is 4.57 Å². The Morgan fingerprint density at radius 2 is 2.22 bits per heavy atom. The summed E-state index contributed by atoms with van der Waals surface area (Å²) < 4.78 is 3.84.